The number of ether oxygens (including phenoxy) is 2. The number of esters is 1. The normalized spacial score (nSPS) is 10.9. The van der Waals surface area contributed by atoms with E-state index in [0.29, 0.717) is 11.1 Å². The molecule has 138 valence electrons. The van der Waals surface area contributed by atoms with E-state index in [0.717, 1.165) is 12.2 Å². The molecule has 1 N–H and O–H groups in total. The van der Waals surface area contributed by atoms with Crippen LogP contribution in [0.15, 0.2) is 54.6 Å². The summed E-state index contributed by atoms with van der Waals surface area (Å²) in [4.78, 5) is 24.3. The molecule has 0 saturated heterocycles. The van der Waals surface area contributed by atoms with Crippen LogP contribution >= 0.6 is 0 Å². The zero-order valence-electron chi connectivity index (χ0n) is 15.5. The number of hydrogen-bond donors (Lipinski definition) is 1. The molecule has 0 saturated carbocycles. The van der Waals surface area contributed by atoms with Gasteiger partial charge in [0.2, 0.25) is 0 Å². The number of carbonyl (C=O) groups excluding carboxylic acids is 2. The summed E-state index contributed by atoms with van der Waals surface area (Å²) < 4.78 is 10.9. The van der Waals surface area contributed by atoms with Crippen LogP contribution < -0.4 is 10.1 Å². The number of rotatable bonds is 8. The minimum absolute atomic E-state index is 0.240. The van der Waals surface area contributed by atoms with E-state index in [9.17, 15) is 9.59 Å². The van der Waals surface area contributed by atoms with E-state index in [-0.39, 0.29) is 24.7 Å². The van der Waals surface area contributed by atoms with Crippen molar-refractivity contribution >= 4 is 11.9 Å². The molecule has 0 aliphatic carbocycles. The van der Waals surface area contributed by atoms with Crippen molar-refractivity contribution in [1.82, 2.24) is 5.32 Å². The quantitative estimate of drug-likeness (QED) is 0.733. The molecule has 0 atom stereocenters. The predicted octanol–water partition coefficient (Wildman–Crippen LogP) is 3.73. The lowest BCUT2D eigenvalue weighted by molar-refractivity contribution is -0.125. The Hall–Kier alpha value is -2.82. The van der Waals surface area contributed by atoms with Crippen molar-refractivity contribution < 1.29 is 19.1 Å². The van der Waals surface area contributed by atoms with Crippen LogP contribution in [0, 0.1) is 0 Å². The number of hydrogen-bond acceptors (Lipinski definition) is 4. The Morgan fingerprint density at radius 2 is 1.65 bits per heavy atom. The lowest BCUT2D eigenvalue weighted by atomic mass is 10.0. The molecule has 0 aliphatic rings. The third kappa shape index (κ3) is 5.92. The summed E-state index contributed by atoms with van der Waals surface area (Å²) in [5.74, 6) is -0.137. The minimum Gasteiger partial charge on any atom is -0.489 e. The smallest absolute Gasteiger partial charge is 0.339 e. The Morgan fingerprint density at radius 1 is 1.00 bits per heavy atom. The lowest BCUT2D eigenvalue weighted by Gasteiger charge is -2.24. The van der Waals surface area contributed by atoms with E-state index in [1.807, 2.05) is 57.2 Å². The number of carbonyl (C=O) groups is 2. The molecule has 0 aliphatic heterocycles. The Bertz CT molecular complexity index is 741. The van der Waals surface area contributed by atoms with Crippen molar-refractivity contribution in [1.29, 1.82) is 0 Å². The maximum atomic E-state index is 12.4. The highest BCUT2D eigenvalue weighted by Gasteiger charge is 2.20. The third-order valence-corrected chi connectivity index (χ3v) is 4.07. The zero-order chi connectivity index (χ0) is 19.0. The number of nitrogens with one attached hydrogen (secondary N) is 1. The van der Waals surface area contributed by atoms with Crippen LogP contribution in [0.4, 0.5) is 0 Å². The second kappa shape index (κ2) is 9.04. The second-order valence-corrected chi connectivity index (χ2v) is 6.62. The first kappa shape index (κ1) is 19.5. The molecule has 5 heteroatoms. The van der Waals surface area contributed by atoms with Crippen molar-refractivity contribution in [2.45, 2.75) is 39.3 Å². The summed E-state index contributed by atoms with van der Waals surface area (Å²) in [7, 11) is 0. The van der Waals surface area contributed by atoms with Crippen LogP contribution in [0.2, 0.25) is 0 Å². The summed E-state index contributed by atoms with van der Waals surface area (Å²) >= 11 is 0. The van der Waals surface area contributed by atoms with E-state index >= 15 is 0 Å². The fourth-order valence-electron chi connectivity index (χ4n) is 2.23. The Kier molecular flexibility index (Phi) is 6.78. The van der Waals surface area contributed by atoms with Gasteiger partial charge in [-0.1, -0.05) is 43.3 Å². The van der Waals surface area contributed by atoms with Crippen molar-refractivity contribution in [2.24, 2.45) is 0 Å². The number of benzene rings is 2. The van der Waals surface area contributed by atoms with Crippen molar-refractivity contribution in [3.05, 3.63) is 65.7 Å². The molecule has 0 heterocycles. The summed E-state index contributed by atoms with van der Waals surface area (Å²) in [6.45, 7) is 5.75. The first-order chi connectivity index (χ1) is 12.4. The van der Waals surface area contributed by atoms with Crippen LogP contribution in [0.1, 0.15) is 43.1 Å². The van der Waals surface area contributed by atoms with Gasteiger partial charge in [-0.05, 0) is 38.5 Å². The number of para-hydroxylation sites is 1. The molecule has 0 fully saturated rings. The standard InChI is InChI=1S/C21H25NO4/c1-4-21(2,3)22-19(23)15-26-20(24)18-13-9-8-10-16(18)14-25-17-11-6-5-7-12-17/h5-13H,4,14-15H2,1-3H3,(H,22,23). The van der Waals surface area contributed by atoms with Gasteiger partial charge in [-0.2, -0.15) is 0 Å². The van der Waals surface area contributed by atoms with Crippen molar-refractivity contribution in [3.63, 3.8) is 0 Å². The third-order valence-electron chi connectivity index (χ3n) is 4.07. The SMILES string of the molecule is CCC(C)(C)NC(=O)COC(=O)c1ccccc1COc1ccccc1. The van der Waals surface area contributed by atoms with Crippen molar-refractivity contribution in [2.75, 3.05) is 6.61 Å². The molecule has 2 rings (SSSR count). The highest BCUT2D eigenvalue weighted by molar-refractivity contribution is 5.92. The lowest BCUT2D eigenvalue weighted by Crippen LogP contribution is -2.44. The summed E-state index contributed by atoms with van der Waals surface area (Å²) in [6, 6.07) is 16.4. The molecule has 0 aromatic heterocycles. The first-order valence-electron chi connectivity index (χ1n) is 8.65. The van der Waals surface area contributed by atoms with E-state index in [2.05, 4.69) is 5.32 Å². The van der Waals surface area contributed by atoms with Gasteiger partial charge < -0.3 is 14.8 Å². The molecule has 0 unspecified atom stereocenters. The molecular weight excluding hydrogens is 330 g/mol. The Labute approximate surface area is 154 Å². The highest BCUT2D eigenvalue weighted by atomic mass is 16.5. The van der Waals surface area contributed by atoms with Crippen LogP contribution in [0.25, 0.3) is 0 Å². The largest absolute Gasteiger partial charge is 0.489 e. The second-order valence-electron chi connectivity index (χ2n) is 6.62. The van der Waals surface area contributed by atoms with Crippen LogP contribution in [0.5, 0.6) is 5.75 Å². The predicted molar refractivity (Wildman–Crippen MR) is 100 cm³/mol. The molecule has 0 radical (unpaired) electrons. The van der Waals surface area contributed by atoms with Gasteiger partial charge in [0.25, 0.3) is 5.91 Å². The fourth-order valence-corrected chi connectivity index (χ4v) is 2.23. The molecule has 2 aromatic carbocycles. The molecule has 26 heavy (non-hydrogen) atoms. The van der Waals surface area contributed by atoms with Crippen LogP contribution in [-0.2, 0) is 16.1 Å². The van der Waals surface area contributed by atoms with Gasteiger partial charge in [-0.15, -0.1) is 0 Å². The fraction of sp³-hybridized carbons (Fsp3) is 0.333. The van der Waals surface area contributed by atoms with Gasteiger partial charge in [0.15, 0.2) is 6.61 Å². The molecule has 5 nitrogen and oxygen atoms in total. The topological polar surface area (TPSA) is 64.6 Å². The van der Waals surface area contributed by atoms with E-state index < -0.39 is 5.97 Å². The van der Waals surface area contributed by atoms with E-state index in [1.165, 1.54) is 0 Å². The van der Waals surface area contributed by atoms with E-state index in [4.69, 9.17) is 9.47 Å². The molecular formula is C21H25NO4. The minimum atomic E-state index is -0.540. The van der Waals surface area contributed by atoms with Crippen molar-refractivity contribution in [3.8, 4) is 5.75 Å². The van der Waals surface area contributed by atoms with Crippen LogP contribution in [0.3, 0.4) is 0 Å². The van der Waals surface area contributed by atoms with Gasteiger partial charge in [0.05, 0.1) is 5.56 Å². The first-order valence-corrected chi connectivity index (χ1v) is 8.65. The zero-order valence-corrected chi connectivity index (χ0v) is 15.5. The maximum Gasteiger partial charge on any atom is 0.339 e. The molecule has 0 spiro atoms. The molecule has 0 bridgehead atoms. The summed E-state index contributed by atoms with van der Waals surface area (Å²) in [5, 5.41) is 2.83. The average Bonchev–Trinajstić information content (AvgIpc) is 2.65. The highest BCUT2D eigenvalue weighted by Crippen LogP contribution is 2.15. The van der Waals surface area contributed by atoms with Gasteiger partial charge in [0, 0.05) is 11.1 Å². The average molecular weight is 355 g/mol. The van der Waals surface area contributed by atoms with Gasteiger partial charge >= 0.3 is 5.97 Å². The molecule has 1 amide bonds. The summed E-state index contributed by atoms with van der Waals surface area (Å²) in [5.41, 5.74) is 0.770. The van der Waals surface area contributed by atoms with Gasteiger partial charge in [-0.3, -0.25) is 4.79 Å². The number of amides is 1. The Morgan fingerprint density at radius 3 is 2.35 bits per heavy atom. The summed E-state index contributed by atoms with van der Waals surface area (Å²) in [6.07, 6.45) is 0.784. The Balaban J connectivity index is 1.95. The molecule has 2 aromatic rings. The monoisotopic (exact) mass is 355 g/mol. The van der Waals surface area contributed by atoms with Gasteiger partial charge in [-0.25, -0.2) is 4.79 Å². The van der Waals surface area contributed by atoms with E-state index in [1.54, 1.807) is 18.2 Å². The van der Waals surface area contributed by atoms with Gasteiger partial charge in [0.1, 0.15) is 12.4 Å². The maximum absolute atomic E-state index is 12.4. The van der Waals surface area contributed by atoms with Crippen LogP contribution in [-0.4, -0.2) is 24.0 Å².